The van der Waals surface area contributed by atoms with Gasteiger partial charge in [-0.3, -0.25) is 15.5 Å². The molecular formula is C50H56N2O8. The van der Waals surface area contributed by atoms with E-state index in [-0.39, 0.29) is 101 Å². The zero-order valence-electron chi connectivity index (χ0n) is 34.0. The molecule has 8 atom stereocenters. The van der Waals surface area contributed by atoms with Crippen LogP contribution >= 0.6 is 0 Å². The van der Waals surface area contributed by atoms with Gasteiger partial charge < -0.3 is 35.0 Å². The Bertz CT molecular complexity index is 2280. The molecule has 0 amide bonds. The van der Waals surface area contributed by atoms with Gasteiger partial charge in [0.2, 0.25) is 5.75 Å². The number of aliphatic hydroxyl groups excluding tert-OH is 1. The Balaban J connectivity index is 1.16. The van der Waals surface area contributed by atoms with Crippen molar-refractivity contribution in [2.45, 2.75) is 94.2 Å². The fourth-order valence-corrected chi connectivity index (χ4v) is 12.4. The molecule has 7 N–H and O–H groups in total. The number of aryl methyl sites for hydroxylation is 1. The molecule has 60 heavy (non-hydrogen) atoms. The molecule has 0 aromatic heterocycles. The van der Waals surface area contributed by atoms with Crippen LogP contribution < -0.4 is 15.2 Å². The lowest BCUT2D eigenvalue weighted by Crippen LogP contribution is -2.51. The molecule has 4 aromatic rings. The second-order valence-electron chi connectivity index (χ2n) is 18.0. The number of ketones is 1. The fraction of sp³-hybridized carbons (Fsp3) is 0.440. The number of aliphatic imine (C=N–C) groups is 1. The molecule has 314 valence electrons. The second-order valence-corrected chi connectivity index (χ2v) is 18.0. The molecule has 4 aromatic carbocycles. The van der Waals surface area contributed by atoms with Gasteiger partial charge >= 0.3 is 0 Å². The van der Waals surface area contributed by atoms with Crippen LogP contribution in [-0.4, -0.2) is 56.9 Å². The van der Waals surface area contributed by atoms with Gasteiger partial charge in [-0.2, -0.15) is 0 Å². The molecule has 0 saturated heterocycles. The Morgan fingerprint density at radius 2 is 1.68 bits per heavy atom. The predicted molar refractivity (Wildman–Crippen MR) is 229 cm³/mol. The van der Waals surface area contributed by atoms with Crippen LogP contribution in [0.15, 0.2) is 95.5 Å². The van der Waals surface area contributed by atoms with Gasteiger partial charge in [0.15, 0.2) is 23.0 Å². The Labute approximate surface area is 351 Å². The highest BCUT2D eigenvalue weighted by Crippen LogP contribution is 2.68. The van der Waals surface area contributed by atoms with E-state index >= 15 is 0 Å². The number of hydrogen-bond acceptors (Lipinski definition) is 10. The topological polar surface area (TPSA) is 175 Å². The van der Waals surface area contributed by atoms with E-state index in [0.29, 0.717) is 19.4 Å². The molecule has 10 nitrogen and oxygen atoms in total. The molecule has 10 rings (SSSR count). The molecule has 3 fully saturated rings. The number of phenolic OH excluding ortho intramolecular Hbond substituents is 4. The number of benzene rings is 4. The molecular weight excluding hydrogens is 757 g/mol. The summed E-state index contributed by atoms with van der Waals surface area (Å²) in [5, 5.41) is 56.7. The van der Waals surface area contributed by atoms with Crippen molar-refractivity contribution in [3.8, 4) is 34.5 Å². The van der Waals surface area contributed by atoms with Crippen molar-refractivity contribution in [3.05, 3.63) is 118 Å². The van der Waals surface area contributed by atoms with Crippen molar-refractivity contribution in [1.82, 2.24) is 0 Å². The highest BCUT2D eigenvalue weighted by atomic mass is 16.5. The van der Waals surface area contributed by atoms with Crippen molar-refractivity contribution in [3.63, 3.8) is 0 Å². The van der Waals surface area contributed by atoms with Crippen LogP contribution in [0.1, 0.15) is 97.4 Å². The summed E-state index contributed by atoms with van der Waals surface area (Å²) < 4.78 is 11.9. The normalized spacial score (nSPS) is 27.5. The Hall–Kier alpha value is -5.32. The van der Waals surface area contributed by atoms with Crippen molar-refractivity contribution >= 4 is 12.0 Å². The van der Waals surface area contributed by atoms with Crippen LogP contribution in [0.2, 0.25) is 0 Å². The minimum Gasteiger partial charge on any atom is -0.508 e. The summed E-state index contributed by atoms with van der Waals surface area (Å²) in [7, 11) is 0. The minimum atomic E-state index is -0.944. The average Bonchev–Trinajstić information content (AvgIpc) is 3.91. The van der Waals surface area contributed by atoms with E-state index in [2.05, 4.69) is 41.4 Å². The van der Waals surface area contributed by atoms with Crippen molar-refractivity contribution in [2.75, 3.05) is 13.3 Å². The van der Waals surface area contributed by atoms with Gasteiger partial charge in [-0.05, 0) is 144 Å². The number of ether oxygens (including phenoxy) is 2. The summed E-state index contributed by atoms with van der Waals surface area (Å²) in [6.45, 7) is 0.631. The monoisotopic (exact) mass is 812 g/mol. The molecule has 10 heteroatoms. The first-order chi connectivity index (χ1) is 29.1. The van der Waals surface area contributed by atoms with E-state index in [1.807, 2.05) is 12.3 Å². The number of carbonyl (C=O) groups is 1. The number of aliphatic hydroxyl groups is 1. The zero-order valence-corrected chi connectivity index (χ0v) is 34.0. The smallest absolute Gasteiger partial charge is 0.200 e. The number of hydrogen-bond donors (Lipinski definition) is 6. The number of carbonyl (C=O) groups excluding carboxylic acids is 1. The third-order valence-corrected chi connectivity index (χ3v) is 14.9. The summed E-state index contributed by atoms with van der Waals surface area (Å²) >= 11 is 0. The minimum absolute atomic E-state index is 0.00674. The van der Waals surface area contributed by atoms with Crippen molar-refractivity contribution < 1.29 is 39.8 Å². The summed E-state index contributed by atoms with van der Waals surface area (Å²) in [6, 6.07) is 24.4. The molecule has 1 aliphatic heterocycles. The highest BCUT2D eigenvalue weighted by molar-refractivity contribution is 5.83. The van der Waals surface area contributed by atoms with Crippen LogP contribution in [0.4, 0.5) is 0 Å². The number of nitrogens with zero attached hydrogens (tertiary/aromatic N) is 1. The largest absolute Gasteiger partial charge is 0.508 e. The van der Waals surface area contributed by atoms with Gasteiger partial charge in [0, 0.05) is 24.1 Å². The lowest BCUT2D eigenvalue weighted by atomic mass is 9.52. The Kier molecular flexibility index (Phi) is 11.1. The number of Topliss-reactive ketones (excluding diaryl/α,β-unsaturated/α-hetero) is 1. The molecule has 1 heterocycles. The van der Waals surface area contributed by atoms with E-state index in [1.165, 1.54) is 5.56 Å². The summed E-state index contributed by atoms with van der Waals surface area (Å²) in [6.07, 6.45) is 10.9. The second kappa shape index (κ2) is 16.6. The molecule has 0 spiro atoms. The maximum absolute atomic E-state index is 14.7. The van der Waals surface area contributed by atoms with Crippen LogP contribution in [0.25, 0.3) is 0 Å². The summed E-state index contributed by atoms with van der Waals surface area (Å²) in [5.41, 5.74) is 11.2. The van der Waals surface area contributed by atoms with Gasteiger partial charge in [0.25, 0.3) is 0 Å². The Morgan fingerprint density at radius 3 is 2.43 bits per heavy atom. The molecule has 0 radical (unpaired) electrons. The lowest BCUT2D eigenvalue weighted by Gasteiger charge is -2.52. The van der Waals surface area contributed by atoms with E-state index in [4.69, 9.17) is 15.2 Å². The maximum atomic E-state index is 14.7. The SMILES string of the molecule is NCOc1cc(CCC(=O)[C@@H]2C[C@@H](CC3=CCN=C3)[C@H]3C[C@H]4C[C@H](C5(c6ccccc6)CCCC5)[C@H](c5cc(O)c(O)c(OCc6cccc(O)c6)c54)[C@@H]3[C@H]2O)ccc1O. The number of rotatable bonds is 13. The van der Waals surface area contributed by atoms with E-state index in [0.717, 1.165) is 72.8 Å². The molecule has 5 aliphatic carbocycles. The quantitative estimate of drug-likeness (QED) is 0.0573. The van der Waals surface area contributed by atoms with Gasteiger partial charge in [0.1, 0.15) is 24.9 Å². The number of allylic oxidation sites excluding steroid dienone is 1. The van der Waals surface area contributed by atoms with Gasteiger partial charge in [-0.15, -0.1) is 0 Å². The molecule has 0 unspecified atom stereocenters. The third kappa shape index (κ3) is 7.32. The van der Waals surface area contributed by atoms with E-state index in [1.54, 1.807) is 42.5 Å². The number of phenols is 4. The van der Waals surface area contributed by atoms with Crippen molar-refractivity contribution in [2.24, 2.45) is 40.3 Å². The number of aromatic hydroxyl groups is 4. The summed E-state index contributed by atoms with van der Waals surface area (Å²) in [5.74, 6) is -0.939. The average molecular weight is 813 g/mol. The van der Waals surface area contributed by atoms with Gasteiger partial charge in [0.05, 0.1) is 12.6 Å². The van der Waals surface area contributed by atoms with Crippen molar-refractivity contribution in [1.29, 1.82) is 0 Å². The standard InChI is InChI=1S/C50H56N2O8/c51-28-60-43-21-29(12-14-41(43)55)11-13-40(54)37-22-32(19-30-15-18-52-26-30)36-23-33-24-39(50(16-4-5-17-50)34-8-2-1-3-9-34)45(46(36)47(37)57)38-25-42(56)48(58)49(44(33)38)59-27-31-7-6-10-35(53)20-31/h1-3,6-10,12,14-15,20-21,25-26,32-33,36-37,39,45-47,53,55-58H,4-5,11,13,16-19,22-24,27-28,51H2/t32-,33+,36-,37+,39+,45+,46-,47+/m1/s1. The van der Waals surface area contributed by atoms with Crippen LogP contribution in [0.3, 0.4) is 0 Å². The van der Waals surface area contributed by atoms with E-state index in [9.17, 15) is 30.3 Å². The fourth-order valence-electron chi connectivity index (χ4n) is 12.4. The Morgan fingerprint density at radius 1 is 0.867 bits per heavy atom. The van der Waals surface area contributed by atoms with Crippen LogP contribution in [0, 0.1) is 29.6 Å². The van der Waals surface area contributed by atoms with Crippen LogP contribution in [0.5, 0.6) is 34.5 Å². The third-order valence-electron chi connectivity index (χ3n) is 14.9. The van der Waals surface area contributed by atoms with Crippen LogP contribution in [-0.2, 0) is 23.2 Å². The van der Waals surface area contributed by atoms with E-state index < -0.39 is 12.0 Å². The first-order valence-electron chi connectivity index (χ1n) is 21.7. The predicted octanol–water partition coefficient (Wildman–Crippen LogP) is 8.32. The lowest BCUT2D eigenvalue weighted by molar-refractivity contribution is -0.136. The maximum Gasteiger partial charge on any atom is 0.200 e. The zero-order chi connectivity index (χ0) is 41.5. The number of fused-ring (bicyclic) bond motifs is 1. The summed E-state index contributed by atoms with van der Waals surface area (Å²) in [4.78, 5) is 19.2. The highest BCUT2D eigenvalue weighted by Gasteiger charge is 2.60. The molecule has 3 saturated carbocycles. The first kappa shape index (κ1) is 40.1. The first-order valence-corrected chi connectivity index (χ1v) is 21.7. The molecule has 6 aliphatic rings. The number of nitrogens with two attached hydrogens (primary N) is 1. The molecule has 2 bridgehead atoms. The van der Waals surface area contributed by atoms with Gasteiger partial charge in [-0.1, -0.05) is 67.4 Å². The van der Waals surface area contributed by atoms with Gasteiger partial charge in [-0.25, -0.2) is 0 Å².